The lowest BCUT2D eigenvalue weighted by Crippen LogP contribution is -2.35. The third-order valence-corrected chi connectivity index (χ3v) is 3.98. The maximum atomic E-state index is 11.9. The molecule has 0 saturated heterocycles. The fourth-order valence-electron chi connectivity index (χ4n) is 2.94. The lowest BCUT2D eigenvalue weighted by molar-refractivity contribution is -0.123. The van der Waals surface area contributed by atoms with Crippen LogP contribution in [0, 0.1) is 5.92 Å². The second-order valence-corrected chi connectivity index (χ2v) is 5.16. The molecule has 2 saturated carbocycles. The van der Waals surface area contributed by atoms with Gasteiger partial charge in [-0.3, -0.25) is 4.79 Å². The molecule has 15 heavy (non-hydrogen) atoms. The fourth-order valence-corrected chi connectivity index (χ4v) is 2.94. The molecule has 2 rings (SSSR count). The van der Waals surface area contributed by atoms with Gasteiger partial charge in [-0.15, -0.1) is 0 Å². The maximum absolute atomic E-state index is 11.9. The Hall–Kier alpha value is -0.370. The van der Waals surface area contributed by atoms with E-state index >= 15 is 0 Å². The Bertz CT molecular complexity index is 203. The molecule has 0 aromatic rings. The van der Waals surface area contributed by atoms with Crippen LogP contribution in [-0.2, 0) is 4.79 Å². The normalized spacial score (nSPS) is 24.5. The molecule has 2 aliphatic rings. The second-order valence-electron chi connectivity index (χ2n) is 5.16. The lowest BCUT2D eigenvalue weighted by Gasteiger charge is -2.21. The summed E-state index contributed by atoms with van der Waals surface area (Å²) in [5, 5.41) is 3.43. The molecule has 0 heterocycles. The zero-order valence-electron chi connectivity index (χ0n) is 9.63. The van der Waals surface area contributed by atoms with Crippen LogP contribution < -0.4 is 5.32 Å². The van der Waals surface area contributed by atoms with Crippen LogP contribution in [-0.4, -0.2) is 18.4 Å². The van der Waals surface area contributed by atoms with E-state index in [9.17, 15) is 4.79 Å². The molecule has 0 amide bonds. The van der Waals surface area contributed by atoms with Crippen molar-refractivity contribution in [2.24, 2.45) is 5.92 Å². The predicted octanol–water partition coefficient (Wildman–Crippen LogP) is 2.67. The van der Waals surface area contributed by atoms with Crippen molar-refractivity contribution in [3.05, 3.63) is 0 Å². The summed E-state index contributed by atoms with van der Waals surface area (Å²) in [6.45, 7) is 0.634. The average Bonchev–Trinajstić information content (AvgIpc) is 2.80. The third kappa shape index (κ3) is 3.30. The van der Waals surface area contributed by atoms with E-state index < -0.39 is 0 Å². The van der Waals surface area contributed by atoms with E-state index in [-0.39, 0.29) is 0 Å². The van der Waals surface area contributed by atoms with Gasteiger partial charge in [-0.25, -0.2) is 0 Å². The van der Waals surface area contributed by atoms with E-state index in [1.165, 1.54) is 44.9 Å². The molecule has 0 spiro atoms. The van der Waals surface area contributed by atoms with Crippen molar-refractivity contribution in [1.82, 2.24) is 5.32 Å². The van der Waals surface area contributed by atoms with E-state index in [1.54, 1.807) is 0 Å². The minimum atomic E-state index is 0.382. The van der Waals surface area contributed by atoms with Crippen molar-refractivity contribution < 1.29 is 4.79 Å². The summed E-state index contributed by atoms with van der Waals surface area (Å²) < 4.78 is 0. The van der Waals surface area contributed by atoms with Crippen molar-refractivity contribution in [2.75, 3.05) is 6.54 Å². The first-order valence-corrected chi connectivity index (χ1v) is 6.62. The van der Waals surface area contributed by atoms with Crippen LogP contribution in [0.5, 0.6) is 0 Å². The van der Waals surface area contributed by atoms with Gasteiger partial charge in [0.1, 0.15) is 5.78 Å². The highest BCUT2D eigenvalue weighted by molar-refractivity contribution is 5.83. The highest BCUT2D eigenvalue weighted by Gasteiger charge is 2.22. The largest absolute Gasteiger partial charge is 0.307 e. The first kappa shape index (κ1) is 11.1. The molecule has 0 aliphatic heterocycles. The molecule has 0 aromatic carbocycles. The van der Waals surface area contributed by atoms with Crippen LogP contribution in [0.25, 0.3) is 0 Å². The molecule has 0 atom stereocenters. The van der Waals surface area contributed by atoms with Crippen LogP contribution in [0.15, 0.2) is 0 Å². The Kier molecular flexibility index (Phi) is 4.18. The number of hydrogen-bond acceptors (Lipinski definition) is 2. The molecule has 86 valence electrons. The summed E-state index contributed by atoms with van der Waals surface area (Å²) in [5.74, 6) is 0.856. The summed E-state index contributed by atoms with van der Waals surface area (Å²) in [5.41, 5.74) is 0. The van der Waals surface area contributed by atoms with Gasteiger partial charge < -0.3 is 5.32 Å². The number of Topliss-reactive ketones (excluding diaryl/α,β-unsaturated/α-hetero) is 1. The summed E-state index contributed by atoms with van der Waals surface area (Å²) in [4.78, 5) is 11.9. The van der Waals surface area contributed by atoms with Crippen LogP contribution in [0.1, 0.15) is 57.8 Å². The van der Waals surface area contributed by atoms with E-state index in [4.69, 9.17) is 0 Å². The molecular formula is C13H23NO. The van der Waals surface area contributed by atoms with Gasteiger partial charge in [0.25, 0.3) is 0 Å². The monoisotopic (exact) mass is 209 g/mol. The predicted molar refractivity (Wildman–Crippen MR) is 61.8 cm³/mol. The molecule has 1 N–H and O–H groups in total. The van der Waals surface area contributed by atoms with Crippen LogP contribution >= 0.6 is 0 Å². The number of rotatable bonds is 4. The van der Waals surface area contributed by atoms with Gasteiger partial charge in [-0.05, 0) is 25.7 Å². The van der Waals surface area contributed by atoms with E-state index in [2.05, 4.69) is 5.32 Å². The molecule has 0 radical (unpaired) electrons. The second kappa shape index (κ2) is 5.64. The Morgan fingerprint density at radius 1 is 0.933 bits per heavy atom. The number of carbonyl (C=O) groups excluding carboxylic acids is 1. The van der Waals surface area contributed by atoms with Crippen molar-refractivity contribution in [3.8, 4) is 0 Å². The van der Waals surface area contributed by atoms with E-state index in [0.29, 0.717) is 24.3 Å². The molecule has 0 aromatic heterocycles. The first-order chi connectivity index (χ1) is 7.36. The minimum absolute atomic E-state index is 0.382. The molecule has 2 nitrogen and oxygen atoms in total. The maximum Gasteiger partial charge on any atom is 0.149 e. The van der Waals surface area contributed by atoms with Gasteiger partial charge in [0.05, 0.1) is 6.54 Å². The molecule has 0 unspecified atom stereocenters. The molecular weight excluding hydrogens is 186 g/mol. The standard InChI is InChI=1S/C13H23NO/c15-13(11-6-2-1-3-7-11)10-14-12-8-4-5-9-12/h11-12,14H,1-10H2. The summed E-state index contributed by atoms with van der Waals surface area (Å²) >= 11 is 0. The van der Waals surface area contributed by atoms with Gasteiger partial charge in [-0.1, -0.05) is 32.1 Å². The molecule has 0 bridgehead atoms. The number of carbonyl (C=O) groups is 1. The van der Waals surface area contributed by atoms with Gasteiger partial charge in [0.15, 0.2) is 0 Å². The Morgan fingerprint density at radius 3 is 2.20 bits per heavy atom. The molecule has 2 fully saturated rings. The highest BCUT2D eigenvalue weighted by atomic mass is 16.1. The van der Waals surface area contributed by atoms with Crippen molar-refractivity contribution >= 4 is 5.78 Å². The third-order valence-electron chi connectivity index (χ3n) is 3.98. The summed E-state index contributed by atoms with van der Waals surface area (Å²) in [7, 11) is 0. The Labute approximate surface area is 92.8 Å². The minimum Gasteiger partial charge on any atom is -0.307 e. The number of hydrogen-bond donors (Lipinski definition) is 1. The van der Waals surface area contributed by atoms with E-state index in [1.807, 2.05) is 0 Å². The quantitative estimate of drug-likeness (QED) is 0.771. The molecule has 2 aliphatic carbocycles. The van der Waals surface area contributed by atoms with E-state index in [0.717, 1.165) is 12.8 Å². The Balaban J connectivity index is 1.66. The summed E-state index contributed by atoms with van der Waals surface area (Å²) in [6.07, 6.45) is 11.4. The van der Waals surface area contributed by atoms with Gasteiger partial charge >= 0.3 is 0 Å². The average molecular weight is 209 g/mol. The van der Waals surface area contributed by atoms with Crippen LogP contribution in [0.3, 0.4) is 0 Å². The molecule has 2 heteroatoms. The number of ketones is 1. The van der Waals surface area contributed by atoms with Crippen molar-refractivity contribution in [2.45, 2.75) is 63.8 Å². The topological polar surface area (TPSA) is 29.1 Å². The van der Waals surface area contributed by atoms with Crippen molar-refractivity contribution in [1.29, 1.82) is 0 Å². The van der Waals surface area contributed by atoms with Gasteiger partial charge in [-0.2, -0.15) is 0 Å². The Morgan fingerprint density at radius 2 is 1.53 bits per heavy atom. The van der Waals surface area contributed by atoms with Gasteiger partial charge in [0.2, 0.25) is 0 Å². The zero-order chi connectivity index (χ0) is 10.5. The lowest BCUT2D eigenvalue weighted by atomic mass is 9.86. The number of nitrogens with one attached hydrogen (secondary N) is 1. The van der Waals surface area contributed by atoms with Crippen molar-refractivity contribution in [3.63, 3.8) is 0 Å². The summed E-state index contributed by atoms with van der Waals surface area (Å²) in [6, 6.07) is 0.637. The van der Waals surface area contributed by atoms with Crippen LogP contribution in [0.2, 0.25) is 0 Å². The zero-order valence-corrected chi connectivity index (χ0v) is 9.63. The smallest absolute Gasteiger partial charge is 0.149 e. The fraction of sp³-hybridized carbons (Fsp3) is 0.923. The van der Waals surface area contributed by atoms with Crippen LogP contribution in [0.4, 0.5) is 0 Å². The SMILES string of the molecule is O=C(CNC1CCCC1)C1CCCCC1. The first-order valence-electron chi connectivity index (χ1n) is 6.62. The van der Waals surface area contributed by atoms with Gasteiger partial charge in [0, 0.05) is 12.0 Å². The highest BCUT2D eigenvalue weighted by Crippen LogP contribution is 2.24.